The van der Waals surface area contributed by atoms with Gasteiger partial charge in [-0.3, -0.25) is 0 Å². The van der Waals surface area contributed by atoms with Crippen LogP contribution < -0.4 is 15.9 Å². The molecule has 0 amide bonds. The summed E-state index contributed by atoms with van der Waals surface area (Å²) in [5.74, 6) is 0. The van der Waals surface area contributed by atoms with E-state index in [1.165, 1.54) is 32.6 Å². The first-order valence-electron chi connectivity index (χ1n) is 8.68. The van der Waals surface area contributed by atoms with E-state index in [0.29, 0.717) is 0 Å². The Balaban J connectivity index is 2.43. The fourth-order valence-corrected chi connectivity index (χ4v) is 8.73. The minimum absolute atomic E-state index is 1.15. The second-order valence-electron chi connectivity index (χ2n) is 6.49. The van der Waals surface area contributed by atoms with E-state index in [0.717, 1.165) is 6.16 Å². The summed E-state index contributed by atoms with van der Waals surface area (Å²) < 4.78 is 0. The highest BCUT2D eigenvalue weighted by atomic mass is 31.2. The topological polar surface area (TPSA) is 0 Å². The number of aryl methyl sites for hydroxylation is 3. The van der Waals surface area contributed by atoms with E-state index in [9.17, 15) is 0 Å². The van der Waals surface area contributed by atoms with Crippen LogP contribution in [0.2, 0.25) is 0 Å². The maximum absolute atomic E-state index is 2.36. The lowest BCUT2D eigenvalue weighted by molar-refractivity contribution is 1.43. The molecule has 0 atom stereocenters. The number of hydrogen-bond acceptors (Lipinski definition) is 0. The van der Waals surface area contributed by atoms with Crippen molar-refractivity contribution in [2.75, 3.05) is 6.16 Å². The van der Waals surface area contributed by atoms with Gasteiger partial charge < -0.3 is 0 Å². The van der Waals surface area contributed by atoms with E-state index in [2.05, 4.69) is 100 Å². The van der Waals surface area contributed by atoms with Crippen molar-refractivity contribution in [3.05, 3.63) is 89.5 Å². The summed E-state index contributed by atoms with van der Waals surface area (Å²) in [6.45, 7) is 9.14. The van der Waals surface area contributed by atoms with Gasteiger partial charge in [-0.05, 0) is 62.6 Å². The van der Waals surface area contributed by atoms with E-state index in [1.54, 1.807) is 0 Å². The molecule has 0 radical (unpaired) electrons. The summed E-state index contributed by atoms with van der Waals surface area (Å²) in [5, 5.41) is 4.57. The van der Waals surface area contributed by atoms with Crippen LogP contribution in [-0.4, -0.2) is 6.16 Å². The van der Waals surface area contributed by atoms with Crippen molar-refractivity contribution in [1.82, 2.24) is 0 Å². The van der Waals surface area contributed by atoms with Crippen molar-refractivity contribution < 1.29 is 0 Å². The second-order valence-corrected chi connectivity index (χ2v) is 10.2. The Hall–Kier alpha value is -1.91. The van der Waals surface area contributed by atoms with Crippen LogP contribution in [0, 0.1) is 20.8 Å². The average Bonchev–Trinajstić information content (AvgIpc) is 2.60. The molecule has 0 saturated carbocycles. The summed E-state index contributed by atoms with van der Waals surface area (Å²) in [6.07, 6.45) is 1.15. The molecule has 122 valence electrons. The van der Waals surface area contributed by atoms with Crippen molar-refractivity contribution >= 4 is 23.2 Å². The summed E-state index contributed by atoms with van der Waals surface area (Å²) >= 11 is 0. The third-order valence-electron chi connectivity index (χ3n) is 5.05. The summed E-state index contributed by atoms with van der Waals surface area (Å²) in [5.41, 5.74) is 4.21. The van der Waals surface area contributed by atoms with Gasteiger partial charge in [0.1, 0.15) is 23.2 Å². The zero-order chi connectivity index (χ0) is 17.2. The lowest BCUT2D eigenvalue weighted by Gasteiger charge is -2.30. The van der Waals surface area contributed by atoms with Crippen molar-refractivity contribution in [3.8, 4) is 0 Å². The van der Waals surface area contributed by atoms with Gasteiger partial charge in [-0.25, -0.2) is 0 Å². The third kappa shape index (κ3) is 2.70. The molecule has 0 bridgehead atoms. The van der Waals surface area contributed by atoms with Crippen LogP contribution in [-0.2, 0) is 0 Å². The monoisotopic (exact) mass is 333 g/mol. The molecule has 0 unspecified atom stereocenters. The normalized spacial score (nSPS) is 11.5. The van der Waals surface area contributed by atoms with Crippen LogP contribution in [0.1, 0.15) is 23.6 Å². The second kappa shape index (κ2) is 6.91. The van der Waals surface area contributed by atoms with Gasteiger partial charge in [-0.1, -0.05) is 54.6 Å². The van der Waals surface area contributed by atoms with Gasteiger partial charge >= 0.3 is 0 Å². The molecule has 3 aromatic carbocycles. The molecule has 0 spiro atoms. The molecule has 0 aliphatic heterocycles. The van der Waals surface area contributed by atoms with Gasteiger partial charge in [0.25, 0.3) is 0 Å². The van der Waals surface area contributed by atoms with Crippen LogP contribution in [0.25, 0.3) is 0 Å². The van der Waals surface area contributed by atoms with Crippen molar-refractivity contribution in [1.29, 1.82) is 0 Å². The molecule has 1 heteroatoms. The fourth-order valence-electron chi connectivity index (χ4n) is 3.88. The Morgan fingerprint density at radius 2 is 0.833 bits per heavy atom. The van der Waals surface area contributed by atoms with Gasteiger partial charge in [-0.15, -0.1) is 0 Å². The van der Waals surface area contributed by atoms with Crippen LogP contribution in [0.3, 0.4) is 0 Å². The minimum atomic E-state index is -1.65. The van der Waals surface area contributed by atoms with E-state index in [1.807, 2.05) is 0 Å². The molecule has 0 fully saturated rings. The zero-order valence-electron chi connectivity index (χ0n) is 15.1. The molecule has 0 heterocycles. The Morgan fingerprint density at radius 3 is 1.08 bits per heavy atom. The molecule has 0 aliphatic rings. The van der Waals surface area contributed by atoms with Crippen molar-refractivity contribution in [3.63, 3.8) is 0 Å². The predicted molar refractivity (Wildman–Crippen MR) is 110 cm³/mol. The van der Waals surface area contributed by atoms with E-state index in [4.69, 9.17) is 0 Å². The molecule has 24 heavy (non-hydrogen) atoms. The summed E-state index contributed by atoms with van der Waals surface area (Å²) in [6, 6.07) is 26.9. The fraction of sp³-hybridized carbons (Fsp3) is 0.217. The van der Waals surface area contributed by atoms with Crippen LogP contribution in [0.5, 0.6) is 0 Å². The molecule has 0 aliphatic carbocycles. The quantitative estimate of drug-likeness (QED) is 0.594. The van der Waals surface area contributed by atoms with E-state index >= 15 is 0 Å². The van der Waals surface area contributed by atoms with Gasteiger partial charge in [0.15, 0.2) is 0 Å². The molecule has 0 N–H and O–H groups in total. The Morgan fingerprint density at radius 1 is 0.542 bits per heavy atom. The highest BCUT2D eigenvalue weighted by molar-refractivity contribution is 7.95. The summed E-state index contributed by atoms with van der Waals surface area (Å²) in [4.78, 5) is 0. The van der Waals surface area contributed by atoms with Gasteiger partial charge in [-0.2, -0.15) is 0 Å². The molecule has 3 rings (SSSR count). The van der Waals surface area contributed by atoms with E-state index < -0.39 is 7.26 Å². The van der Waals surface area contributed by atoms with Gasteiger partial charge in [0, 0.05) is 0 Å². The highest BCUT2D eigenvalue weighted by Crippen LogP contribution is 2.56. The number of benzene rings is 3. The Labute approximate surface area is 146 Å². The SMILES string of the molecule is CC[P+](c1ccccc1C)(c1ccccc1C)c1ccccc1C. The minimum Gasteiger partial charge on any atom is -0.0617 e. The first-order chi connectivity index (χ1) is 11.6. The summed E-state index contributed by atoms with van der Waals surface area (Å²) in [7, 11) is -1.65. The van der Waals surface area contributed by atoms with E-state index in [-0.39, 0.29) is 0 Å². The van der Waals surface area contributed by atoms with Crippen molar-refractivity contribution in [2.24, 2.45) is 0 Å². The Bertz CT molecular complexity index is 737. The molecule has 0 aromatic heterocycles. The average molecular weight is 333 g/mol. The number of rotatable bonds is 4. The smallest absolute Gasteiger partial charge is 0.0617 e. The Kier molecular flexibility index (Phi) is 4.88. The lowest BCUT2D eigenvalue weighted by atomic mass is 10.2. The molecule has 3 aromatic rings. The van der Waals surface area contributed by atoms with Crippen molar-refractivity contribution in [2.45, 2.75) is 27.7 Å². The van der Waals surface area contributed by atoms with Gasteiger partial charge in [0.05, 0.1) is 6.16 Å². The first kappa shape index (κ1) is 16.9. The standard InChI is InChI=1S/C23H26P/c1-5-24(21-15-9-6-12-18(21)2,22-16-10-7-13-19(22)3)23-17-11-8-14-20(23)4/h6-17H,5H2,1-4H3/q+1. The van der Waals surface area contributed by atoms with Gasteiger partial charge in [0.2, 0.25) is 0 Å². The lowest BCUT2D eigenvalue weighted by Crippen LogP contribution is -2.36. The van der Waals surface area contributed by atoms with Crippen LogP contribution in [0.4, 0.5) is 0 Å². The molecular weight excluding hydrogens is 307 g/mol. The van der Waals surface area contributed by atoms with Crippen LogP contribution in [0.15, 0.2) is 72.8 Å². The maximum atomic E-state index is 2.36. The first-order valence-corrected chi connectivity index (χ1v) is 10.7. The highest BCUT2D eigenvalue weighted by Gasteiger charge is 2.46. The predicted octanol–water partition coefficient (Wildman–Crippen LogP) is 4.93. The third-order valence-corrected chi connectivity index (χ3v) is 9.98. The number of hydrogen-bond donors (Lipinski definition) is 0. The molecule has 0 saturated heterocycles. The van der Waals surface area contributed by atoms with Crippen LogP contribution >= 0.6 is 7.26 Å². The largest absolute Gasteiger partial charge is 0.112 e. The maximum Gasteiger partial charge on any atom is 0.112 e. The molecule has 0 nitrogen and oxygen atoms in total. The zero-order valence-corrected chi connectivity index (χ0v) is 16.0. The molecular formula is C23H26P+.